The Morgan fingerprint density at radius 2 is 1.04 bits per heavy atom. The summed E-state index contributed by atoms with van der Waals surface area (Å²) in [5.41, 5.74) is -0.479. The van der Waals surface area contributed by atoms with Crippen molar-refractivity contribution in [3.8, 4) is 0 Å². The van der Waals surface area contributed by atoms with Gasteiger partial charge in [0.25, 0.3) is 0 Å². The van der Waals surface area contributed by atoms with Gasteiger partial charge in [0.15, 0.2) is 0 Å². The summed E-state index contributed by atoms with van der Waals surface area (Å²) in [6.45, 7) is 15.3. The molecule has 0 radical (unpaired) electrons. The minimum Gasteiger partial charge on any atom is -0.390 e. The molecule has 0 atom stereocenters. The average molecular weight is 356 g/mol. The predicted molar refractivity (Wildman–Crippen MR) is 113 cm³/mol. The fourth-order valence-electron chi connectivity index (χ4n) is 4.43. The maximum absolute atomic E-state index is 10.3. The first kappa shape index (κ1) is 24.9. The lowest BCUT2D eigenvalue weighted by molar-refractivity contribution is 0.0346. The Balaban J connectivity index is 4.62. The summed E-state index contributed by atoms with van der Waals surface area (Å²) in [4.78, 5) is 0. The molecule has 0 aliphatic carbocycles. The number of hydrogen-bond acceptors (Lipinski definition) is 2. The molecule has 0 aliphatic rings. The van der Waals surface area contributed by atoms with Crippen LogP contribution >= 0.6 is 0 Å². The van der Waals surface area contributed by atoms with Crippen LogP contribution in [0.3, 0.4) is 0 Å². The van der Waals surface area contributed by atoms with Gasteiger partial charge in [0.2, 0.25) is 0 Å². The van der Waals surface area contributed by atoms with Gasteiger partial charge in [-0.2, -0.15) is 0 Å². The van der Waals surface area contributed by atoms with E-state index in [-0.39, 0.29) is 11.1 Å². The minimum absolute atomic E-state index is 0.0418. The summed E-state index contributed by atoms with van der Waals surface area (Å²) in [5, 5.41) is 14.2. The fourth-order valence-corrected chi connectivity index (χ4v) is 4.43. The molecule has 0 aromatic heterocycles. The summed E-state index contributed by atoms with van der Waals surface area (Å²) in [7, 11) is 0. The first-order valence-electron chi connectivity index (χ1n) is 11.1. The zero-order valence-corrected chi connectivity index (χ0v) is 18.6. The molecule has 0 spiro atoms. The molecule has 0 saturated carbocycles. The van der Waals surface area contributed by atoms with E-state index in [1.165, 1.54) is 77.0 Å². The van der Waals surface area contributed by atoms with Gasteiger partial charge in [-0.15, -0.1) is 0 Å². The van der Waals surface area contributed by atoms with E-state index in [1.54, 1.807) is 0 Å². The van der Waals surface area contributed by atoms with Gasteiger partial charge in [-0.1, -0.05) is 78.1 Å². The van der Waals surface area contributed by atoms with Crippen molar-refractivity contribution in [3.63, 3.8) is 0 Å². The molecule has 0 bridgehead atoms. The van der Waals surface area contributed by atoms with E-state index >= 15 is 0 Å². The van der Waals surface area contributed by atoms with Crippen molar-refractivity contribution in [1.82, 2.24) is 5.32 Å². The lowest BCUT2D eigenvalue weighted by atomic mass is 9.82. The van der Waals surface area contributed by atoms with Crippen LogP contribution in [0.5, 0.6) is 0 Å². The molecular formula is C23H49NO. The quantitative estimate of drug-likeness (QED) is 0.292. The summed E-state index contributed by atoms with van der Waals surface area (Å²) >= 11 is 0. The molecule has 0 amide bonds. The number of unbranched alkanes of at least 4 members (excludes halogenated alkanes) is 8. The van der Waals surface area contributed by atoms with E-state index in [0.717, 1.165) is 6.42 Å². The second-order valence-corrected chi connectivity index (χ2v) is 9.89. The molecule has 0 fully saturated rings. The smallest absolute Gasteiger partial charge is 0.0609 e. The van der Waals surface area contributed by atoms with Crippen LogP contribution in [0.15, 0.2) is 0 Å². The highest BCUT2D eigenvalue weighted by Gasteiger charge is 2.34. The molecule has 2 heteroatoms. The first-order chi connectivity index (χ1) is 11.5. The van der Waals surface area contributed by atoms with Crippen molar-refractivity contribution in [3.05, 3.63) is 0 Å². The van der Waals surface area contributed by atoms with Gasteiger partial charge in [-0.3, -0.25) is 0 Å². The van der Waals surface area contributed by atoms with Gasteiger partial charge in [0.05, 0.1) is 5.60 Å². The largest absolute Gasteiger partial charge is 0.390 e. The third-order valence-electron chi connectivity index (χ3n) is 5.18. The van der Waals surface area contributed by atoms with Gasteiger partial charge >= 0.3 is 0 Å². The van der Waals surface area contributed by atoms with E-state index in [0.29, 0.717) is 0 Å². The van der Waals surface area contributed by atoms with E-state index in [2.05, 4.69) is 39.9 Å². The van der Waals surface area contributed by atoms with Crippen LogP contribution in [0.25, 0.3) is 0 Å². The first-order valence-corrected chi connectivity index (χ1v) is 11.1. The lowest BCUT2D eigenvalue weighted by Gasteiger charge is -2.42. The van der Waals surface area contributed by atoms with Crippen LogP contribution in [-0.2, 0) is 0 Å². The molecule has 2 N–H and O–H groups in total. The second-order valence-electron chi connectivity index (χ2n) is 9.89. The molecule has 25 heavy (non-hydrogen) atoms. The lowest BCUT2D eigenvalue weighted by Crippen LogP contribution is -2.56. The molecule has 0 rings (SSSR count). The maximum atomic E-state index is 10.3. The van der Waals surface area contributed by atoms with Crippen molar-refractivity contribution in [2.24, 2.45) is 0 Å². The highest BCUT2D eigenvalue weighted by atomic mass is 16.3. The summed E-state index contributed by atoms with van der Waals surface area (Å²) < 4.78 is 0. The molecule has 0 unspecified atom stereocenters. The number of hydrogen-bond donors (Lipinski definition) is 2. The second kappa shape index (κ2) is 12.3. The van der Waals surface area contributed by atoms with Gasteiger partial charge < -0.3 is 10.4 Å². The molecule has 152 valence electrons. The van der Waals surface area contributed by atoms with Crippen molar-refractivity contribution >= 4 is 0 Å². The zero-order valence-electron chi connectivity index (χ0n) is 18.6. The Morgan fingerprint density at radius 1 is 0.640 bits per heavy atom. The van der Waals surface area contributed by atoms with Crippen LogP contribution in [0.4, 0.5) is 0 Å². The SMILES string of the molecule is CCCCCCCC(C)(CCCCCCC)NC(C)(C)CC(C)(C)O. The third kappa shape index (κ3) is 14.7. The Hall–Kier alpha value is -0.0800. The standard InChI is InChI=1S/C23H49NO/c1-8-10-12-14-16-18-23(7,19-17-15-13-11-9-2)24-21(3,4)20-22(5,6)25/h24-25H,8-20H2,1-7H3. The molecule has 2 nitrogen and oxygen atoms in total. The van der Waals surface area contributed by atoms with Crippen molar-refractivity contribution in [2.75, 3.05) is 0 Å². The Bertz CT molecular complexity index is 303. The van der Waals surface area contributed by atoms with Gasteiger partial charge in [-0.25, -0.2) is 0 Å². The highest BCUT2D eigenvalue weighted by molar-refractivity contribution is 4.94. The molecule has 0 aromatic carbocycles. The number of nitrogens with one attached hydrogen (secondary N) is 1. The zero-order chi connectivity index (χ0) is 19.4. The molecule has 0 aliphatic heterocycles. The van der Waals surface area contributed by atoms with Crippen LogP contribution in [-0.4, -0.2) is 21.8 Å². The fraction of sp³-hybridized carbons (Fsp3) is 1.00. The Kier molecular flexibility index (Phi) is 12.3. The molecular weight excluding hydrogens is 306 g/mol. The molecule has 0 aromatic rings. The van der Waals surface area contributed by atoms with Gasteiger partial charge in [0.1, 0.15) is 0 Å². The monoisotopic (exact) mass is 355 g/mol. The van der Waals surface area contributed by atoms with Gasteiger partial charge in [-0.05, 0) is 53.9 Å². The summed E-state index contributed by atoms with van der Waals surface area (Å²) in [6.07, 6.45) is 16.7. The van der Waals surface area contributed by atoms with E-state index in [4.69, 9.17) is 0 Å². The van der Waals surface area contributed by atoms with Crippen LogP contribution in [0.1, 0.15) is 132 Å². The Labute approximate surface area is 159 Å². The van der Waals surface area contributed by atoms with E-state index in [1.807, 2.05) is 13.8 Å². The van der Waals surface area contributed by atoms with Crippen LogP contribution < -0.4 is 5.32 Å². The Morgan fingerprint density at radius 3 is 1.40 bits per heavy atom. The van der Waals surface area contributed by atoms with Crippen LogP contribution in [0, 0.1) is 0 Å². The highest BCUT2D eigenvalue weighted by Crippen LogP contribution is 2.29. The number of aliphatic hydroxyl groups is 1. The molecule has 0 saturated heterocycles. The summed E-state index contributed by atoms with van der Waals surface area (Å²) in [5.74, 6) is 0. The van der Waals surface area contributed by atoms with Crippen molar-refractivity contribution < 1.29 is 5.11 Å². The average Bonchev–Trinajstić information content (AvgIpc) is 2.43. The van der Waals surface area contributed by atoms with E-state index in [9.17, 15) is 5.11 Å². The topological polar surface area (TPSA) is 32.3 Å². The minimum atomic E-state index is -0.625. The van der Waals surface area contributed by atoms with Gasteiger partial charge in [0, 0.05) is 11.1 Å². The molecule has 0 heterocycles. The number of rotatable bonds is 16. The third-order valence-corrected chi connectivity index (χ3v) is 5.18. The normalized spacial score (nSPS) is 13.4. The predicted octanol–water partition coefficient (Wildman–Crippen LogP) is 7.00. The summed E-state index contributed by atoms with van der Waals surface area (Å²) in [6, 6.07) is 0. The van der Waals surface area contributed by atoms with Crippen molar-refractivity contribution in [1.29, 1.82) is 0 Å². The van der Waals surface area contributed by atoms with Crippen molar-refractivity contribution in [2.45, 2.75) is 149 Å². The maximum Gasteiger partial charge on any atom is 0.0609 e. The van der Waals surface area contributed by atoms with E-state index < -0.39 is 5.60 Å². The van der Waals surface area contributed by atoms with Crippen LogP contribution in [0.2, 0.25) is 0 Å².